The van der Waals surface area contributed by atoms with Crippen molar-refractivity contribution < 1.29 is 23.9 Å². The number of nitrogens with zero attached hydrogens (tertiary/aromatic N) is 4. The van der Waals surface area contributed by atoms with Crippen molar-refractivity contribution >= 4 is 34.8 Å². The molecule has 0 unspecified atom stereocenters. The van der Waals surface area contributed by atoms with Gasteiger partial charge in [0.2, 0.25) is 5.91 Å². The number of aromatic nitrogens is 3. The second kappa shape index (κ2) is 11.6. The van der Waals surface area contributed by atoms with Crippen molar-refractivity contribution in [3.05, 3.63) is 118 Å². The lowest BCUT2D eigenvalue weighted by Gasteiger charge is -2.34. The lowest BCUT2D eigenvalue weighted by atomic mass is 9.92. The van der Waals surface area contributed by atoms with Crippen LogP contribution in [0.2, 0.25) is 5.02 Å². The molecule has 202 valence electrons. The predicted molar refractivity (Wildman–Crippen MR) is 147 cm³/mol. The van der Waals surface area contributed by atoms with E-state index in [0.717, 1.165) is 5.56 Å². The van der Waals surface area contributed by atoms with Crippen LogP contribution in [0.1, 0.15) is 33.5 Å². The van der Waals surface area contributed by atoms with E-state index in [1.807, 2.05) is 30.3 Å². The van der Waals surface area contributed by atoms with E-state index >= 15 is 4.39 Å². The van der Waals surface area contributed by atoms with Crippen LogP contribution in [0.3, 0.4) is 0 Å². The first-order chi connectivity index (χ1) is 19.3. The summed E-state index contributed by atoms with van der Waals surface area (Å²) < 4.78 is 16.7. The Balaban J connectivity index is 1.45. The number of carboxylic acid groups (broad SMARTS) is 1. The predicted octanol–water partition coefficient (Wildman–Crippen LogP) is 4.80. The van der Waals surface area contributed by atoms with Crippen LogP contribution < -0.4 is 0 Å². The van der Waals surface area contributed by atoms with E-state index in [2.05, 4.69) is 10.3 Å². The van der Waals surface area contributed by atoms with Crippen LogP contribution in [0.25, 0.3) is 11.3 Å². The van der Waals surface area contributed by atoms with Crippen LogP contribution in [-0.4, -0.2) is 55.2 Å². The Kier molecular flexibility index (Phi) is 7.84. The van der Waals surface area contributed by atoms with Gasteiger partial charge in [0.1, 0.15) is 0 Å². The van der Waals surface area contributed by atoms with Gasteiger partial charge in [-0.2, -0.15) is 0 Å². The highest BCUT2D eigenvalue weighted by molar-refractivity contribution is 6.31. The summed E-state index contributed by atoms with van der Waals surface area (Å²) in [5, 5.41) is 16.8. The van der Waals surface area contributed by atoms with Crippen molar-refractivity contribution in [3.8, 4) is 5.69 Å². The number of ketones is 1. The fourth-order valence-electron chi connectivity index (χ4n) is 4.85. The summed E-state index contributed by atoms with van der Waals surface area (Å²) in [4.78, 5) is 39.8. The van der Waals surface area contributed by atoms with Crippen LogP contribution in [0.15, 0.2) is 85.2 Å². The van der Waals surface area contributed by atoms with Crippen LogP contribution in [-0.2, 0) is 22.4 Å². The maximum absolute atomic E-state index is 15.3. The molecule has 0 radical (unpaired) electrons. The number of hydrogen-bond acceptors (Lipinski definition) is 5. The van der Waals surface area contributed by atoms with Gasteiger partial charge < -0.3 is 10.0 Å². The van der Waals surface area contributed by atoms with Gasteiger partial charge in [-0.3, -0.25) is 9.59 Å². The van der Waals surface area contributed by atoms with E-state index in [4.69, 9.17) is 16.7 Å². The minimum atomic E-state index is -1.05. The zero-order chi connectivity index (χ0) is 28.2. The number of carbonyl (C=O) groups is 3. The quantitative estimate of drug-likeness (QED) is 0.316. The van der Waals surface area contributed by atoms with Gasteiger partial charge in [-0.05, 0) is 53.8 Å². The molecular weight excluding hydrogens is 535 g/mol. The number of aromatic carboxylic acids is 1. The standard InChI is InChI=1S/C30H24ClFN4O4/c31-23-10-11-24(36-15-13-33-34-36)28(29(23)32)22-12-14-35(27(38)18-22)25(16-19-4-2-1-3-5-19)26(37)17-20-6-8-21(9-7-20)30(39)40/h1-11,13,15,18,25H,12,14,16-17H2,(H,39,40)/t25-/m0/s1. The number of hydrogen-bond donors (Lipinski definition) is 1. The summed E-state index contributed by atoms with van der Waals surface area (Å²) >= 11 is 6.10. The van der Waals surface area contributed by atoms with Gasteiger partial charge in [0, 0.05) is 24.6 Å². The highest BCUT2D eigenvalue weighted by Gasteiger charge is 2.33. The SMILES string of the molecule is O=C(O)c1ccc(CC(=O)[C@H](Cc2ccccc2)N2CCC(c3c(-n4ccnn4)ccc(Cl)c3F)=CC2=O)cc1. The normalized spacial score (nSPS) is 14.1. The first-order valence-electron chi connectivity index (χ1n) is 12.6. The summed E-state index contributed by atoms with van der Waals surface area (Å²) in [7, 11) is 0. The number of carbonyl (C=O) groups excluding carboxylic acids is 2. The van der Waals surface area contributed by atoms with E-state index in [9.17, 15) is 14.4 Å². The number of rotatable bonds is 9. The fraction of sp³-hybridized carbons (Fsp3) is 0.167. The summed E-state index contributed by atoms with van der Waals surface area (Å²) in [5.41, 5.74) is 2.66. The van der Waals surface area contributed by atoms with Gasteiger partial charge in [0.25, 0.3) is 0 Å². The summed E-state index contributed by atoms with van der Waals surface area (Å²) in [6, 6.07) is 17.8. The summed E-state index contributed by atoms with van der Waals surface area (Å²) in [6.45, 7) is 0.189. The van der Waals surface area contributed by atoms with Gasteiger partial charge in [0.05, 0.1) is 34.7 Å². The van der Waals surface area contributed by atoms with Crippen LogP contribution in [0.5, 0.6) is 0 Å². The molecule has 5 rings (SSSR count). The third kappa shape index (κ3) is 5.69. The minimum Gasteiger partial charge on any atom is -0.478 e. The topological polar surface area (TPSA) is 105 Å². The molecule has 0 saturated heterocycles. The second-order valence-electron chi connectivity index (χ2n) is 9.41. The van der Waals surface area contributed by atoms with Crippen LogP contribution >= 0.6 is 11.6 Å². The molecule has 0 fully saturated rings. The van der Waals surface area contributed by atoms with Gasteiger partial charge in [-0.1, -0.05) is 59.3 Å². The van der Waals surface area contributed by atoms with Crippen molar-refractivity contribution in [3.63, 3.8) is 0 Å². The molecule has 40 heavy (non-hydrogen) atoms. The van der Waals surface area contributed by atoms with Gasteiger partial charge in [-0.25, -0.2) is 13.9 Å². The van der Waals surface area contributed by atoms with E-state index in [0.29, 0.717) is 23.2 Å². The molecule has 1 N–H and O–H groups in total. The Morgan fingerprint density at radius 3 is 2.42 bits per heavy atom. The Hall–Kier alpha value is -4.63. The number of carboxylic acids is 1. The average molecular weight is 559 g/mol. The smallest absolute Gasteiger partial charge is 0.335 e. The maximum atomic E-state index is 15.3. The van der Waals surface area contributed by atoms with Gasteiger partial charge >= 0.3 is 5.97 Å². The number of Topliss-reactive ketones (excluding diaryl/α,β-unsaturated/α-hetero) is 1. The molecular formula is C30H24ClFN4O4. The van der Waals surface area contributed by atoms with Crippen molar-refractivity contribution in [2.24, 2.45) is 0 Å². The zero-order valence-corrected chi connectivity index (χ0v) is 22.0. The molecule has 0 spiro atoms. The molecule has 8 nitrogen and oxygen atoms in total. The highest BCUT2D eigenvalue weighted by atomic mass is 35.5. The van der Waals surface area contributed by atoms with E-state index in [1.54, 1.807) is 24.4 Å². The highest BCUT2D eigenvalue weighted by Crippen LogP contribution is 2.34. The number of amides is 1. The van der Waals surface area contributed by atoms with Crippen molar-refractivity contribution in [2.45, 2.75) is 25.3 Å². The maximum Gasteiger partial charge on any atom is 0.335 e. The third-order valence-corrected chi connectivity index (χ3v) is 7.16. The molecule has 1 aromatic heterocycles. The Labute approximate surface area is 234 Å². The summed E-state index contributed by atoms with van der Waals surface area (Å²) in [5.74, 6) is -2.32. The van der Waals surface area contributed by atoms with Crippen molar-refractivity contribution in [2.75, 3.05) is 6.54 Å². The van der Waals surface area contributed by atoms with Gasteiger partial charge in [-0.15, -0.1) is 5.10 Å². The van der Waals surface area contributed by atoms with Gasteiger partial charge in [0.15, 0.2) is 11.6 Å². The molecule has 0 bridgehead atoms. The molecule has 1 atom stereocenters. The van der Waals surface area contributed by atoms with Crippen molar-refractivity contribution in [1.29, 1.82) is 0 Å². The molecule has 4 aromatic rings. The number of benzene rings is 3. The molecule has 1 amide bonds. The number of halogens is 2. The third-order valence-electron chi connectivity index (χ3n) is 6.87. The van der Waals surface area contributed by atoms with Crippen LogP contribution in [0.4, 0.5) is 4.39 Å². The Morgan fingerprint density at radius 1 is 1.02 bits per heavy atom. The van der Waals surface area contributed by atoms with Crippen LogP contribution in [0, 0.1) is 5.82 Å². The average Bonchev–Trinajstić information content (AvgIpc) is 3.49. The first-order valence-corrected chi connectivity index (χ1v) is 12.9. The lowest BCUT2D eigenvalue weighted by molar-refractivity contribution is -0.136. The van der Waals surface area contributed by atoms with E-state index in [1.165, 1.54) is 40.1 Å². The molecule has 2 heterocycles. The largest absolute Gasteiger partial charge is 0.478 e. The Bertz CT molecular complexity index is 1590. The molecule has 0 saturated carbocycles. The minimum absolute atomic E-state index is 0.0249. The monoisotopic (exact) mass is 558 g/mol. The molecule has 3 aromatic carbocycles. The van der Waals surface area contributed by atoms with E-state index < -0.39 is 23.7 Å². The zero-order valence-electron chi connectivity index (χ0n) is 21.2. The van der Waals surface area contributed by atoms with E-state index in [-0.39, 0.29) is 41.3 Å². The lowest BCUT2D eigenvalue weighted by Crippen LogP contribution is -2.48. The Morgan fingerprint density at radius 2 is 1.77 bits per heavy atom. The fourth-order valence-corrected chi connectivity index (χ4v) is 5.01. The first kappa shape index (κ1) is 27.0. The second-order valence-corrected chi connectivity index (χ2v) is 9.81. The molecule has 1 aliphatic rings. The van der Waals surface area contributed by atoms with Crippen molar-refractivity contribution in [1.82, 2.24) is 19.9 Å². The summed E-state index contributed by atoms with van der Waals surface area (Å²) in [6.07, 6.45) is 5.01. The molecule has 1 aliphatic heterocycles. The molecule has 10 heteroatoms. The molecule has 0 aliphatic carbocycles.